The zero-order valence-corrected chi connectivity index (χ0v) is 13.1. The van der Waals surface area contributed by atoms with Crippen LogP contribution in [-0.4, -0.2) is 35.5 Å². The summed E-state index contributed by atoms with van der Waals surface area (Å²) in [5.41, 5.74) is 5.34. The number of nitrogens with two attached hydrogens (primary N) is 1. The maximum atomic E-state index is 13.7. The van der Waals surface area contributed by atoms with Crippen molar-refractivity contribution < 1.29 is 28.9 Å². The molecule has 0 spiro atoms. The number of anilines is 1. The van der Waals surface area contributed by atoms with Crippen molar-refractivity contribution in [2.45, 2.75) is 0 Å². The van der Waals surface area contributed by atoms with Crippen LogP contribution < -0.4 is 15.8 Å². The largest absolute Gasteiger partial charge is 0.504 e. The number of carbonyl (C=O) groups excluding carboxylic acids is 1. The second-order valence-corrected chi connectivity index (χ2v) is 4.52. The number of amides is 1. The monoisotopic (exact) mass is 349 g/mol. The highest BCUT2D eigenvalue weighted by molar-refractivity contribution is 6.07. The number of hydrogen-bond acceptors (Lipinski definition) is 5. The highest BCUT2D eigenvalue weighted by Gasteiger charge is 2.15. The molecule has 0 atom stereocenters. The molecule has 2 aromatic rings. The molecule has 6 N–H and O–H groups in total. The van der Waals surface area contributed by atoms with Crippen LogP contribution in [0.15, 0.2) is 36.4 Å². The number of aromatic hydroxyl groups is 1. The van der Waals surface area contributed by atoms with E-state index in [-0.39, 0.29) is 34.8 Å². The molecule has 0 unspecified atom stereocenters. The van der Waals surface area contributed by atoms with Crippen molar-refractivity contribution in [2.75, 3.05) is 12.4 Å². The van der Waals surface area contributed by atoms with Crippen LogP contribution in [0.1, 0.15) is 15.9 Å². The minimum Gasteiger partial charge on any atom is -0.504 e. The van der Waals surface area contributed by atoms with Crippen molar-refractivity contribution in [3.63, 3.8) is 0 Å². The maximum absolute atomic E-state index is 13.7. The van der Waals surface area contributed by atoms with Gasteiger partial charge in [0.2, 0.25) is 0 Å². The number of nitrogens with one attached hydrogen (secondary N) is 2. The number of hydrogen-bond donors (Lipinski definition) is 5. The number of phenols is 1. The van der Waals surface area contributed by atoms with Gasteiger partial charge in [0, 0.05) is 5.69 Å². The highest BCUT2D eigenvalue weighted by Crippen LogP contribution is 2.29. The van der Waals surface area contributed by atoms with Gasteiger partial charge in [-0.3, -0.25) is 15.0 Å². The molecule has 0 fully saturated rings. The van der Waals surface area contributed by atoms with Gasteiger partial charge in [0.25, 0.3) is 12.4 Å². The summed E-state index contributed by atoms with van der Waals surface area (Å²) in [6, 6.07) is 8.22. The number of amidine groups is 1. The van der Waals surface area contributed by atoms with E-state index >= 15 is 0 Å². The molecule has 1 amide bonds. The van der Waals surface area contributed by atoms with Gasteiger partial charge in [-0.25, -0.2) is 4.39 Å². The third-order valence-corrected chi connectivity index (χ3v) is 2.98. The molecule has 2 rings (SSSR count). The van der Waals surface area contributed by atoms with Crippen LogP contribution >= 0.6 is 0 Å². The topological polar surface area (TPSA) is 146 Å². The number of benzene rings is 2. The fourth-order valence-electron chi connectivity index (χ4n) is 1.88. The van der Waals surface area contributed by atoms with Crippen molar-refractivity contribution in [3.8, 4) is 11.5 Å². The quantitative estimate of drug-likeness (QED) is 0.323. The van der Waals surface area contributed by atoms with E-state index < -0.39 is 17.6 Å². The summed E-state index contributed by atoms with van der Waals surface area (Å²) in [5, 5.41) is 26.4. The number of ether oxygens (including phenoxy) is 1. The lowest BCUT2D eigenvalue weighted by Gasteiger charge is -2.10. The SMILES string of the molecule is COc1cccc(C(=O)Nc2ccc(C(=N)N)c(F)c2)c1O.O=CO. The molecular formula is C16H16FN3O5. The Kier molecular flexibility index (Phi) is 6.89. The standard InChI is InChI=1S/C15H14FN3O3.CH2O2/c1-22-12-4-2-3-10(13(12)20)15(21)19-8-5-6-9(14(17)18)11(16)7-8;2-1-3/h2-7,20H,1H3,(H3,17,18)(H,19,21);1H,(H,2,3). The lowest BCUT2D eigenvalue weighted by atomic mass is 10.1. The number of carboxylic acid groups (broad SMARTS) is 1. The van der Waals surface area contributed by atoms with Gasteiger partial charge in [-0.15, -0.1) is 0 Å². The van der Waals surface area contributed by atoms with Gasteiger partial charge >= 0.3 is 0 Å². The van der Waals surface area contributed by atoms with E-state index in [9.17, 15) is 14.3 Å². The maximum Gasteiger partial charge on any atom is 0.290 e. The number of phenolic OH excluding ortho intramolecular Hbond substituents is 1. The Labute approximate surface area is 142 Å². The summed E-state index contributed by atoms with van der Waals surface area (Å²) in [4.78, 5) is 20.5. The van der Waals surface area contributed by atoms with Crippen LogP contribution in [0.2, 0.25) is 0 Å². The van der Waals surface area contributed by atoms with Gasteiger partial charge in [-0.1, -0.05) is 6.07 Å². The van der Waals surface area contributed by atoms with Crippen molar-refractivity contribution in [1.29, 1.82) is 5.41 Å². The smallest absolute Gasteiger partial charge is 0.290 e. The van der Waals surface area contributed by atoms with Gasteiger partial charge in [-0.05, 0) is 30.3 Å². The molecule has 132 valence electrons. The van der Waals surface area contributed by atoms with Crippen molar-refractivity contribution >= 4 is 23.9 Å². The predicted octanol–water partition coefficient (Wildman–Crippen LogP) is 1.78. The summed E-state index contributed by atoms with van der Waals surface area (Å²) in [6.07, 6.45) is 0. The molecule has 0 aliphatic carbocycles. The second-order valence-electron chi connectivity index (χ2n) is 4.52. The number of nitrogen functional groups attached to an aromatic ring is 1. The number of methoxy groups -OCH3 is 1. The molecule has 8 nitrogen and oxygen atoms in total. The summed E-state index contributed by atoms with van der Waals surface area (Å²) >= 11 is 0. The average molecular weight is 349 g/mol. The molecular weight excluding hydrogens is 333 g/mol. The van der Waals surface area contributed by atoms with E-state index in [0.29, 0.717) is 0 Å². The van der Waals surface area contributed by atoms with E-state index in [0.717, 1.165) is 6.07 Å². The van der Waals surface area contributed by atoms with Crippen LogP contribution in [-0.2, 0) is 4.79 Å². The summed E-state index contributed by atoms with van der Waals surface area (Å²) in [6.45, 7) is -0.250. The Morgan fingerprint density at radius 2 is 1.96 bits per heavy atom. The Hall–Kier alpha value is -3.62. The van der Waals surface area contributed by atoms with Crippen molar-refractivity contribution in [2.24, 2.45) is 5.73 Å². The average Bonchev–Trinajstić information content (AvgIpc) is 2.55. The minimum atomic E-state index is -0.722. The normalized spacial score (nSPS) is 9.36. The number of carbonyl (C=O) groups is 2. The van der Waals surface area contributed by atoms with Gasteiger partial charge in [-0.2, -0.15) is 0 Å². The highest BCUT2D eigenvalue weighted by atomic mass is 19.1. The molecule has 0 saturated carbocycles. The first-order chi connectivity index (χ1) is 11.8. The molecule has 0 heterocycles. The van der Waals surface area contributed by atoms with Crippen LogP contribution in [0.4, 0.5) is 10.1 Å². The summed E-state index contributed by atoms with van der Waals surface area (Å²) < 4.78 is 18.6. The summed E-state index contributed by atoms with van der Waals surface area (Å²) in [7, 11) is 1.37. The molecule has 0 aromatic heterocycles. The molecule has 9 heteroatoms. The lowest BCUT2D eigenvalue weighted by molar-refractivity contribution is -0.122. The van der Waals surface area contributed by atoms with Crippen LogP contribution in [0.3, 0.4) is 0 Å². The first kappa shape index (κ1) is 19.4. The second kappa shape index (κ2) is 8.87. The first-order valence-corrected chi connectivity index (χ1v) is 6.74. The van der Waals surface area contributed by atoms with Crippen LogP contribution in [0.25, 0.3) is 0 Å². The van der Waals surface area contributed by atoms with Crippen LogP contribution in [0.5, 0.6) is 11.5 Å². The van der Waals surface area contributed by atoms with Gasteiger partial charge in [0.1, 0.15) is 11.7 Å². The molecule has 0 radical (unpaired) electrons. The first-order valence-electron chi connectivity index (χ1n) is 6.74. The molecule has 0 bridgehead atoms. The Balaban J connectivity index is 0.000000970. The number of halogens is 1. The number of rotatable bonds is 4. The molecule has 0 aliphatic rings. The zero-order valence-electron chi connectivity index (χ0n) is 13.1. The van der Waals surface area contributed by atoms with E-state index in [4.69, 9.17) is 25.8 Å². The lowest BCUT2D eigenvalue weighted by Crippen LogP contribution is -2.15. The minimum absolute atomic E-state index is 0.00426. The Morgan fingerprint density at radius 1 is 1.32 bits per heavy atom. The Morgan fingerprint density at radius 3 is 2.48 bits per heavy atom. The number of para-hydroxylation sites is 1. The Bertz CT molecular complexity index is 795. The zero-order chi connectivity index (χ0) is 19.0. The third-order valence-electron chi connectivity index (χ3n) is 2.98. The molecule has 0 saturated heterocycles. The van der Waals surface area contributed by atoms with Gasteiger partial charge < -0.3 is 26.0 Å². The fourth-order valence-corrected chi connectivity index (χ4v) is 1.88. The fraction of sp³-hybridized carbons (Fsp3) is 0.0625. The molecule has 2 aromatic carbocycles. The van der Waals surface area contributed by atoms with Crippen molar-refractivity contribution in [1.82, 2.24) is 0 Å². The predicted molar refractivity (Wildman–Crippen MR) is 88.7 cm³/mol. The van der Waals surface area contributed by atoms with E-state index in [1.165, 1.54) is 31.4 Å². The van der Waals surface area contributed by atoms with E-state index in [1.807, 2.05) is 0 Å². The van der Waals surface area contributed by atoms with Crippen molar-refractivity contribution in [3.05, 3.63) is 53.3 Å². The van der Waals surface area contributed by atoms with Crippen LogP contribution in [0, 0.1) is 11.2 Å². The van der Waals surface area contributed by atoms with Gasteiger partial charge in [0.05, 0.1) is 18.2 Å². The van der Waals surface area contributed by atoms with E-state index in [2.05, 4.69) is 5.32 Å². The van der Waals surface area contributed by atoms with Gasteiger partial charge in [0.15, 0.2) is 11.5 Å². The third kappa shape index (κ3) is 4.93. The summed E-state index contributed by atoms with van der Waals surface area (Å²) in [5.74, 6) is -1.89. The van der Waals surface area contributed by atoms with E-state index in [1.54, 1.807) is 6.07 Å². The molecule has 25 heavy (non-hydrogen) atoms. The molecule has 0 aliphatic heterocycles.